The Balaban J connectivity index is 0.000000443. The van der Waals surface area contributed by atoms with E-state index in [0.29, 0.717) is 11.1 Å². The van der Waals surface area contributed by atoms with Gasteiger partial charge in [0, 0.05) is 8.95 Å². The molecule has 0 spiro atoms. The molecule has 0 heterocycles. The largest absolute Gasteiger partial charge is 2.00 e. The molecule has 2 aromatic carbocycles. The summed E-state index contributed by atoms with van der Waals surface area (Å²) in [6.45, 7) is 0. The van der Waals surface area contributed by atoms with Crippen LogP contribution in [0.1, 0.15) is 11.1 Å². The first-order valence-corrected chi connectivity index (χ1v) is 8.12. The van der Waals surface area contributed by atoms with E-state index in [4.69, 9.17) is 0 Å². The van der Waals surface area contributed by atoms with Crippen molar-refractivity contribution in [3.63, 3.8) is 0 Å². The maximum absolute atomic E-state index is 11.1. The Kier molecular flexibility index (Phi) is 12.0. The van der Waals surface area contributed by atoms with Gasteiger partial charge in [0.25, 0.3) is 0 Å². The molecule has 0 aliphatic carbocycles. The van der Waals surface area contributed by atoms with Gasteiger partial charge in [-0.3, -0.25) is 0 Å². The van der Waals surface area contributed by atoms with Crippen LogP contribution in [0.4, 0.5) is 0 Å². The SMILES string of the molecule is CO/N=C/c1cc(Br)ccc1[O-].CO/N=C/c1cc(Br)ccc1[O-].[Cu+2]. The predicted octanol–water partition coefficient (Wildman–Crippen LogP) is 3.00. The van der Waals surface area contributed by atoms with Gasteiger partial charge in [-0.2, -0.15) is 0 Å². The van der Waals surface area contributed by atoms with Gasteiger partial charge in [0.1, 0.15) is 14.2 Å². The molecule has 9 heteroatoms. The predicted molar refractivity (Wildman–Crippen MR) is 96.4 cm³/mol. The van der Waals surface area contributed by atoms with E-state index in [2.05, 4.69) is 51.8 Å². The molecular weight excluding hydrogens is 508 g/mol. The van der Waals surface area contributed by atoms with Crippen LogP contribution >= 0.6 is 31.9 Å². The first-order chi connectivity index (χ1) is 11.5. The van der Waals surface area contributed by atoms with E-state index in [1.54, 1.807) is 24.3 Å². The van der Waals surface area contributed by atoms with Crippen LogP contribution < -0.4 is 10.2 Å². The summed E-state index contributed by atoms with van der Waals surface area (Å²) >= 11 is 6.49. The molecule has 0 bridgehead atoms. The molecule has 6 nitrogen and oxygen atoms in total. The third kappa shape index (κ3) is 8.92. The van der Waals surface area contributed by atoms with Crippen molar-refractivity contribution in [1.29, 1.82) is 0 Å². The van der Waals surface area contributed by atoms with E-state index in [1.807, 2.05) is 0 Å². The number of oxime groups is 2. The molecule has 2 aromatic rings. The van der Waals surface area contributed by atoms with Crippen LogP contribution in [0.5, 0.6) is 11.5 Å². The first kappa shape index (κ1) is 23.5. The minimum atomic E-state index is -0.0704. The fourth-order valence-corrected chi connectivity index (χ4v) is 2.22. The van der Waals surface area contributed by atoms with E-state index in [-0.39, 0.29) is 28.6 Å². The van der Waals surface area contributed by atoms with Gasteiger partial charge in [-0.1, -0.05) is 65.8 Å². The van der Waals surface area contributed by atoms with Crippen molar-refractivity contribution < 1.29 is 37.0 Å². The summed E-state index contributed by atoms with van der Waals surface area (Å²) in [5.74, 6) is -0.141. The Morgan fingerprint density at radius 3 is 1.48 bits per heavy atom. The van der Waals surface area contributed by atoms with Crippen molar-refractivity contribution in [3.05, 3.63) is 56.5 Å². The van der Waals surface area contributed by atoms with Gasteiger partial charge in [0.2, 0.25) is 0 Å². The fraction of sp³-hybridized carbons (Fsp3) is 0.125. The monoisotopic (exact) mass is 519 g/mol. The van der Waals surface area contributed by atoms with E-state index < -0.39 is 0 Å². The molecule has 0 fully saturated rings. The van der Waals surface area contributed by atoms with Crippen LogP contribution in [0, 0.1) is 0 Å². The van der Waals surface area contributed by atoms with Gasteiger partial charge in [-0.25, -0.2) is 0 Å². The van der Waals surface area contributed by atoms with Gasteiger partial charge >= 0.3 is 17.1 Å². The Morgan fingerprint density at radius 1 is 0.800 bits per heavy atom. The summed E-state index contributed by atoms with van der Waals surface area (Å²) < 4.78 is 1.69. The maximum atomic E-state index is 11.1. The molecule has 0 N–H and O–H groups in total. The smallest absolute Gasteiger partial charge is 0.872 e. The van der Waals surface area contributed by atoms with Gasteiger partial charge < -0.3 is 19.9 Å². The zero-order valence-corrected chi connectivity index (χ0v) is 17.3. The Hall–Kier alpha value is -1.54. The van der Waals surface area contributed by atoms with Gasteiger partial charge in [0.15, 0.2) is 0 Å². The average molecular weight is 522 g/mol. The summed E-state index contributed by atoms with van der Waals surface area (Å²) in [5.41, 5.74) is 1.01. The Labute approximate surface area is 173 Å². The van der Waals surface area contributed by atoms with E-state index >= 15 is 0 Å². The average Bonchev–Trinajstić information content (AvgIpc) is 2.57. The molecule has 2 rings (SSSR count). The molecule has 25 heavy (non-hydrogen) atoms. The number of nitrogens with zero attached hydrogens (tertiary/aromatic N) is 2. The molecule has 1 radical (unpaired) electrons. The van der Waals surface area contributed by atoms with Crippen LogP contribution in [0.15, 0.2) is 55.7 Å². The summed E-state index contributed by atoms with van der Waals surface area (Å²) in [6.07, 6.45) is 2.76. The second kappa shape index (κ2) is 12.8. The first-order valence-electron chi connectivity index (χ1n) is 6.54. The van der Waals surface area contributed by atoms with Crippen LogP contribution in [-0.2, 0) is 26.7 Å². The van der Waals surface area contributed by atoms with Gasteiger partial charge in [-0.15, -0.1) is 0 Å². The van der Waals surface area contributed by atoms with Gasteiger partial charge in [0.05, 0.1) is 12.4 Å². The number of halogens is 2. The summed E-state index contributed by atoms with van der Waals surface area (Å²) in [6, 6.07) is 9.69. The molecule has 0 aliphatic rings. The quantitative estimate of drug-likeness (QED) is 0.352. The number of hydrogen-bond donors (Lipinski definition) is 0. The van der Waals surface area contributed by atoms with E-state index in [0.717, 1.165) is 8.95 Å². The van der Waals surface area contributed by atoms with Crippen molar-refractivity contribution in [1.82, 2.24) is 0 Å². The second-order valence-electron chi connectivity index (χ2n) is 4.20. The number of rotatable bonds is 4. The van der Waals surface area contributed by atoms with Crippen LogP contribution in [-0.4, -0.2) is 26.6 Å². The summed E-state index contributed by atoms with van der Waals surface area (Å²) in [4.78, 5) is 8.91. The minimum Gasteiger partial charge on any atom is -0.872 e. The van der Waals surface area contributed by atoms with Crippen molar-refractivity contribution in [2.45, 2.75) is 0 Å². The number of hydrogen-bond acceptors (Lipinski definition) is 6. The molecule has 0 amide bonds. The Morgan fingerprint density at radius 2 is 1.16 bits per heavy atom. The standard InChI is InChI=1S/2C8H8BrNO2.Cu/c2*1-12-10-5-6-4-7(9)2-3-8(6)11;/h2*2-5,11H,1H3;/q;;+2/p-2/b2*10-5+;. The summed E-state index contributed by atoms with van der Waals surface area (Å²) in [7, 11) is 2.86. The molecule has 0 atom stereocenters. The zero-order chi connectivity index (χ0) is 17.9. The number of benzene rings is 2. The zero-order valence-electron chi connectivity index (χ0n) is 13.2. The maximum Gasteiger partial charge on any atom is 2.00 e. The summed E-state index contributed by atoms with van der Waals surface area (Å²) in [5, 5.41) is 29.2. The second-order valence-corrected chi connectivity index (χ2v) is 6.03. The van der Waals surface area contributed by atoms with Crippen LogP contribution in [0.2, 0.25) is 0 Å². The van der Waals surface area contributed by atoms with E-state index in [9.17, 15) is 10.2 Å². The van der Waals surface area contributed by atoms with Crippen molar-refractivity contribution in [2.75, 3.05) is 14.2 Å². The molecule has 0 saturated heterocycles. The molecule has 0 aromatic heterocycles. The van der Waals surface area contributed by atoms with Crippen molar-refractivity contribution in [3.8, 4) is 11.5 Å². The molecular formula is C16H14Br2CuN2O4. The topological polar surface area (TPSA) is 89.3 Å². The fourth-order valence-electron chi connectivity index (χ4n) is 1.46. The minimum absolute atomic E-state index is 0. The third-order valence-electron chi connectivity index (χ3n) is 2.54. The molecule has 0 unspecified atom stereocenters. The van der Waals surface area contributed by atoms with Crippen molar-refractivity contribution >= 4 is 44.3 Å². The molecule has 0 saturated carbocycles. The van der Waals surface area contributed by atoms with Crippen molar-refractivity contribution in [2.24, 2.45) is 10.3 Å². The van der Waals surface area contributed by atoms with Crippen LogP contribution in [0.3, 0.4) is 0 Å². The van der Waals surface area contributed by atoms with Crippen LogP contribution in [0.25, 0.3) is 0 Å². The Bertz CT molecular complexity index is 666. The normalized spacial score (nSPS) is 10.1. The van der Waals surface area contributed by atoms with E-state index in [1.165, 1.54) is 38.8 Å². The molecule has 0 aliphatic heterocycles. The van der Waals surface area contributed by atoms with Gasteiger partial charge in [-0.05, 0) is 35.4 Å². The third-order valence-corrected chi connectivity index (χ3v) is 3.52. The molecule has 137 valence electrons.